The number of nitrogens with one attached hydrogen (secondary N) is 2. The second-order valence-corrected chi connectivity index (χ2v) is 7.51. The van der Waals surface area contributed by atoms with Crippen LogP contribution in [-0.2, 0) is 11.3 Å². The summed E-state index contributed by atoms with van der Waals surface area (Å²) in [5.41, 5.74) is 8.77. The molecule has 0 aliphatic carbocycles. The number of carboxylic acid groups (broad SMARTS) is 1. The molecule has 3 rings (SSSR count). The molecular formula is C20H24N8O3S. The summed E-state index contributed by atoms with van der Waals surface area (Å²) in [7, 11) is 1.89. The van der Waals surface area contributed by atoms with Gasteiger partial charge in [-0.2, -0.15) is 9.97 Å². The highest BCUT2D eigenvalue weighted by molar-refractivity contribution is 7.81. The van der Waals surface area contributed by atoms with E-state index in [4.69, 9.17) is 10.8 Å². The minimum absolute atomic E-state index is 0.00780. The van der Waals surface area contributed by atoms with Crippen molar-refractivity contribution in [2.75, 3.05) is 22.4 Å². The summed E-state index contributed by atoms with van der Waals surface area (Å²) < 4.78 is 2.53. The summed E-state index contributed by atoms with van der Waals surface area (Å²) in [5.74, 6) is -0.679. The molecule has 0 spiro atoms. The van der Waals surface area contributed by atoms with Crippen molar-refractivity contribution in [1.82, 2.24) is 25.3 Å². The molecule has 11 nitrogen and oxygen atoms in total. The quantitative estimate of drug-likeness (QED) is 0.301. The van der Waals surface area contributed by atoms with E-state index >= 15 is 0 Å². The third-order valence-corrected chi connectivity index (χ3v) is 4.92. The summed E-state index contributed by atoms with van der Waals surface area (Å²) in [6.07, 6.45) is 2.00. The average Bonchev–Trinajstić information content (AvgIpc) is 2.78. The number of nitrogens with two attached hydrogens (primary N) is 1. The number of thiol groups is 1. The van der Waals surface area contributed by atoms with E-state index in [0.717, 1.165) is 5.69 Å². The van der Waals surface area contributed by atoms with Crippen LogP contribution in [0.1, 0.15) is 35.8 Å². The molecule has 12 heteroatoms. The molecular weight excluding hydrogens is 432 g/mol. The number of nitrogens with zero attached hydrogens (tertiary/aromatic N) is 5. The van der Waals surface area contributed by atoms with E-state index in [1.807, 2.05) is 24.1 Å². The molecule has 0 unspecified atom stereocenters. The molecule has 0 aliphatic rings. The average molecular weight is 457 g/mol. The molecule has 0 saturated heterocycles. The maximum atomic E-state index is 12.4. The summed E-state index contributed by atoms with van der Waals surface area (Å²) >= 11 is 3.91. The van der Waals surface area contributed by atoms with Crippen LogP contribution in [-0.4, -0.2) is 50.0 Å². The largest absolute Gasteiger partial charge is 0.481 e. The van der Waals surface area contributed by atoms with Gasteiger partial charge in [-0.3, -0.25) is 9.59 Å². The lowest BCUT2D eigenvalue weighted by atomic mass is 10.1. The molecule has 0 saturated carbocycles. The Balaban J connectivity index is 1.65. The van der Waals surface area contributed by atoms with Crippen molar-refractivity contribution in [3.63, 3.8) is 0 Å². The maximum absolute atomic E-state index is 12.4. The first-order chi connectivity index (χ1) is 15.3. The molecule has 2 aromatic heterocycles. The first-order valence-corrected chi connectivity index (χ1v) is 10.2. The van der Waals surface area contributed by atoms with Gasteiger partial charge in [-0.1, -0.05) is 12.8 Å². The number of carbonyl (C=O) groups excluding carboxylic acids is 1. The van der Waals surface area contributed by atoms with Crippen LogP contribution in [0.15, 0.2) is 30.5 Å². The van der Waals surface area contributed by atoms with Crippen molar-refractivity contribution < 1.29 is 14.7 Å². The Morgan fingerprint density at radius 1 is 1.22 bits per heavy atom. The van der Waals surface area contributed by atoms with E-state index in [0.29, 0.717) is 35.4 Å². The maximum Gasteiger partial charge on any atom is 0.303 e. The van der Waals surface area contributed by atoms with Gasteiger partial charge in [0.15, 0.2) is 17.0 Å². The van der Waals surface area contributed by atoms with Crippen LogP contribution in [0.25, 0.3) is 11.2 Å². The summed E-state index contributed by atoms with van der Waals surface area (Å²) in [4.78, 5) is 42.0. The number of nitrogen functional groups attached to an aromatic ring is 1. The Hall–Kier alpha value is -3.67. The van der Waals surface area contributed by atoms with Crippen molar-refractivity contribution in [2.45, 2.75) is 32.4 Å². The Kier molecular flexibility index (Phi) is 7.25. The third-order valence-electron chi connectivity index (χ3n) is 4.72. The number of aromatic nitrogens is 4. The van der Waals surface area contributed by atoms with Crippen molar-refractivity contribution in [3.8, 4) is 0 Å². The minimum atomic E-state index is -0.885. The minimum Gasteiger partial charge on any atom is -0.481 e. The highest BCUT2D eigenvalue weighted by atomic mass is 32.1. The molecule has 1 aromatic carbocycles. The summed E-state index contributed by atoms with van der Waals surface area (Å²) in [6.45, 7) is 2.23. The summed E-state index contributed by atoms with van der Waals surface area (Å²) in [5, 5.41) is 11.5. The predicted octanol–water partition coefficient (Wildman–Crippen LogP) is 1.88. The second kappa shape index (κ2) is 10.1. The Morgan fingerprint density at radius 2 is 1.94 bits per heavy atom. The molecule has 1 amide bonds. The number of hydrogen-bond donors (Lipinski definition) is 5. The summed E-state index contributed by atoms with van der Waals surface area (Å²) in [6, 6.07) is 6.86. The zero-order valence-electron chi connectivity index (χ0n) is 17.6. The highest BCUT2D eigenvalue weighted by Crippen LogP contribution is 2.19. The normalized spacial score (nSPS) is 11.7. The van der Waals surface area contributed by atoms with Gasteiger partial charge in [0.25, 0.3) is 5.91 Å². The zero-order valence-corrected chi connectivity index (χ0v) is 18.5. The number of rotatable bonds is 9. The van der Waals surface area contributed by atoms with Crippen LogP contribution in [0.2, 0.25) is 0 Å². The number of anilines is 3. The Morgan fingerprint density at radius 3 is 2.59 bits per heavy atom. The molecule has 2 heterocycles. The van der Waals surface area contributed by atoms with Gasteiger partial charge in [-0.15, -0.1) is 0 Å². The second-order valence-electron chi connectivity index (χ2n) is 7.29. The predicted molar refractivity (Wildman–Crippen MR) is 124 cm³/mol. The van der Waals surface area contributed by atoms with Crippen molar-refractivity contribution in [1.29, 1.82) is 0 Å². The van der Waals surface area contributed by atoms with E-state index in [-0.39, 0.29) is 30.1 Å². The van der Waals surface area contributed by atoms with Gasteiger partial charge in [0, 0.05) is 30.8 Å². The Labute approximate surface area is 190 Å². The van der Waals surface area contributed by atoms with Crippen LogP contribution in [0.5, 0.6) is 0 Å². The number of aliphatic carboxylic acids is 1. The Bertz CT molecular complexity index is 1130. The molecule has 1 atom stereocenters. The zero-order chi connectivity index (χ0) is 23.3. The lowest BCUT2D eigenvalue weighted by Gasteiger charge is -2.19. The van der Waals surface area contributed by atoms with Crippen LogP contribution in [0.4, 0.5) is 17.5 Å². The van der Waals surface area contributed by atoms with Gasteiger partial charge in [0.1, 0.15) is 0 Å². The number of carbonyl (C=O) groups is 2. The number of carboxylic acids is 1. The number of hydrogen-bond acceptors (Lipinski definition) is 10. The smallest absolute Gasteiger partial charge is 0.303 e. The van der Waals surface area contributed by atoms with Gasteiger partial charge >= 0.3 is 5.97 Å². The lowest BCUT2D eigenvalue weighted by Crippen LogP contribution is -2.32. The van der Waals surface area contributed by atoms with Gasteiger partial charge in [-0.05, 0) is 37.6 Å². The van der Waals surface area contributed by atoms with Crippen molar-refractivity contribution >= 4 is 53.3 Å². The van der Waals surface area contributed by atoms with Crippen LogP contribution < -0.4 is 20.7 Å². The third kappa shape index (κ3) is 5.72. The van der Waals surface area contributed by atoms with Crippen LogP contribution in [0.3, 0.4) is 0 Å². The van der Waals surface area contributed by atoms with Gasteiger partial charge in [0.05, 0.1) is 18.4 Å². The molecule has 0 radical (unpaired) electrons. The van der Waals surface area contributed by atoms with E-state index in [2.05, 4.69) is 42.8 Å². The first kappa shape index (κ1) is 23.0. The highest BCUT2D eigenvalue weighted by Gasteiger charge is 2.13. The van der Waals surface area contributed by atoms with Gasteiger partial charge < -0.3 is 25.8 Å². The van der Waals surface area contributed by atoms with Gasteiger partial charge in [-0.25, -0.2) is 9.97 Å². The topological polar surface area (TPSA) is 159 Å². The fourth-order valence-corrected chi connectivity index (χ4v) is 3.11. The standard InChI is InChI=1S/C20H24N8O3S/c1-11(3-8-15(29)30)23-19(31)12-4-6-14(7-5-12)28(2)10-13-9-22-18-16(24-13)17(21)25-20(26-18)27-32/h4-7,9,11,32H,3,8,10H2,1-2H3,(H,23,31)(H,29,30)(H3,21,22,25,26,27)/t11-/m1/s1. The molecule has 32 heavy (non-hydrogen) atoms. The molecule has 5 N–H and O–H groups in total. The fourth-order valence-electron chi connectivity index (χ4n) is 3.01. The molecule has 168 valence electrons. The first-order valence-electron chi connectivity index (χ1n) is 9.80. The van der Waals surface area contributed by atoms with E-state index in [1.54, 1.807) is 25.3 Å². The number of benzene rings is 1. The van der Waals surface area contributed by atoms with E-state index in [9.17, 15) is 9.59 Å². The molecule has 0 fully saturated rings. The lowest BCUT2D eigenvalue weighted by molar-refractivity contribution is -0.137. The van der Waals surface area contributed by atoms with Crippen molar-refractivity contribution in [3.05, 3.63) is 41.7 Å². The van der Waals surface area contributed by atoms with Gasteiger partial charge in [0.2, 0.25) is 5.95 Å². The SMILES string of the molecule is C[C@H](CCC(=O)O)NC(=O)c1ccc(N(C)Cc2cnc3nc(NS)nc(N)c3n2)cc1. The van der Waals surface area contributed by atoms with Crippen molar-refractivity contribution in [2.24, 2.45) is 0 Å². The molecule has 0 aliphatic heterocycles. The molecule has 3 aromatic rings. The molecule has 0 bridgehead atoms. The van der Waals surface area contributed by atoms with Crippen LogP contribution >= 0.6 is 12.8 Å². The number of fused-ring (bicyclic) bond motifs is 1. The van der Waals surface area contributed by atoms with E-state index < -0.39 is 5.97 Å². The van der Waals surface area contributed by atoms with E-state index in [1.165, 1.54) is 0 Å². The number of amides is 1. The fraction of sp³-hybridized carbons (Fsp3) is 0.300. The van der Waals surface area contributed by atoms with Crippen LogP contribution in [0, 0.1) is 0 Å². The monoisotopic (exact) mass is 456 g/mol.